The maximum atomic E-state index is 12.7. The summed E-state index contributed by atoms with van der Waals surface area (Å²) < 4.78 is 1.46. The molecule has 2 saturated heterocycles. The molecule has 1 aliphatic carbocycles. The molecule has 1 aromatic heterocycles. The summed E-state index contributed by atoms with van der Waals surface area (Å²) in [6.45, 7) is 9.36. The van der Waals surface area contributed by atoms with Crippen LogP contribution in [0.25, 0.3) is 5.69 Å². The summed E-state index contributed by atoms with van der Waals surface area (Å²) in [4.78, 5) is 47.6. The molecule has 39 heavy (non-hydrogen) atoms. The molecule has 1 spiro atoms. The summed E-state index contributed by atoms with van der Waals surface area (Å²) in [6.07, 6.45) is 4.96. The van der Waals surface area contributed by atoms with Gasteiger partial charge in [0.05, 0.1) is 11.2 Å². The van der Waals surface area contributed by atoms with Crippen molar-refractivity contribution in [3.8, 4) is 5.69 Å². The minimum Gasteiger partial charge on any atom is -0.338 e. The van der Waals surface area contributed by atoms with Crippen molar-refractivity contribution in [3.05, 3.63) is 52.6 Å². The summed E-state index contributed by atoms with van der Waals surface area (Å²) in [5.41, 5.74) is 13.0. The third kappa shape index (κ3) is 5.57. The van der Waals surface area contributed by atoms with E-state index in [9.17, 15) is 14.4 Å². The van der Waals surface area contributed by atoms with Gasteiger partial charge in [0.15, 0.2) is 0 Å². The van der Waals surface area contributed by atoms with E-state index in [2.05, 4.69) is 34.3 Å². The fourth-order valence-electron chi connectivity index (χ4n) is 5.83. The van der Waals surface area contributed by atoms with Gasteiger partial charge in [0.25, 0.3) is 0 Å². The van der Waals surface area contributed by atoms with Gasteiger partial charge in [-0.2, -0.15) is 4.98 Å². The van der Waals surface area contributed by atoms with Crippen molar-refractivity contribution in [3.63, 3.8) is 0 Å². The third-order valence-corrected chi connectivity index (χ3v) is 8.59. The highest BCUT2D eigenvalue weighted by Crippen LogP contribution is 2.48. The number of amides is 3. The van der Waals surface area contributed by atoms with Gasteiger partial charge in [-0.1, -0.05) is 12.1 Å². The highest BCUT2D eigenvalue weighted by molar-refractivity contribution is 5.89. The van der Waals surface area contributed by atoms with Crippen LogP contribution < -0.4 is 22.5 Å². The number of nitrogens with two attached hydrogens (primary N) is 2. The van der Waals surface area contributed by atoms with Crippen LogP contribution in [0.1, 0.15) is 39.2 Å². The Labute approximate surface area is 229 Å². The SMILES string of the molecule is CC(Cc1ccc(-n2ccc(NC(=O)N3CCN(C(=O)C(C)(C)N)CC3)nc2=O)cc1)N1CC2(CCC2N)C1. The van der Waals surface area contributed by atoms with E-state index in [4.69, 9.17) is 11.5 Å². The molecule has 11 nitrogen and oxygen atoms in total. The van der Waals surface area contributed by atoms with Gasteiger partial charge in [0, 0.05) is 63.0 Å². The Morgan fingerprint density at radius 1 is 1.10 bits per heavy atom. The molecule has 210 valence electrons. The molecule has 11 heteroatoms. The number of rotatable bonds is 6. The number of urea groups is 1. The average Bonchev–Trinajstić information content (AvgIpc) is 2.87. The number of nitrogens with zero attached hydrogens (tertiary/aromatic N) is 5. The lowest BCUT2D eigenvalue weighted by Gasteiger charge is -2.61. The van der Waals surface area contributed by atoms with E-state index in [1.54, 1.807) is 35.9 Å². The second kappa shape index (κ2) is 10.4. The zero-order valence-corrected chi connectivity index (χ0v) is 23.1. The van der Waals surface area contributed by atoms with Crippen LogP contribution in [0.5, 0.6) is 0 Å². The first kappa shape index (κ1) is 27.3. The molecule has 0 bridgehead atoms. The minimum atomic E-state index is -0.945. The maximum Gasteiger partial charge on any atom is 0.354 e. The predicted octanol–water partition coefficient (Wildman–Crippen LogP) is 1.00. The summed E-state index contributed by atoms with van der Waals surface area (Å²) in [5, 5.41) is 2.70. The van der Waals surface area contributed by atoms with Gasteiger partial charge in [-0.3, -0.25) is 19.6 Å². The first-order valence-corrected chi connectivity index (χ1v) is 13.8. The second-order valence-electron chi connectivity index (χ2n) is 12.0. The summed E-state index contributed by atoms with van der Waals surface area (Å²) >= 11 is 0. The van der Waals surface area contributed by atoms with E-state index >= 15 is 0 Å². The van der Waals surface area contributed by atoms with Crippen molar-refractivity contribution in [1.29, 1.82) is 0 Å². The highest BCUT2D eigenvalue weighted by atomic mass is 16.2. The number of hydrogen-bond acceptors (Lipinski definition) is 7. The van der Waals surface area contributed by atoms with Crippen molar-refractivity contribution < 1.29 is 9.59 Å². The molecule has 2 aromatic rings. The van der Waals surface area contributed by atoms with Crippen LogP contribution in [0.4, 0.5) is 10.6 Å². The van der Waals surface area contributed by atoms with Gasteiger partial charge in [-0.25, -0.2) is 9.59 Å². The summed E-state index contributed by atoms with van der Waals surface area (Å²) in [7, 11) is 0. The number of nitrogens with one attached hydrogen (secondary N) is 1. The van der Waals surface area contributed by atoms with Crippen molar-refractivity contribution in [2.45, 2.75) is 57.7 Å². The zero-order valence-electron chi connectivity index (χ0n) is 23.1. The van der Waals surface area contributed by atoms with Crippen molar-refractivity contribution in [2.75, 3.05) is 44.6 Å². The Bertz CT molecular complexity index is 1270. The summed E-state index contributed by atoms with van der Waals surface area (Å²) in [6, 6.07) is 10.0. The molecule has 2 aliphatic heterocycles. The number of likely N-dealkylation sites (tertiary alicyclic amines) is 1. The average molecular weight is 537 g/mol. The summed E-state index contributed by atoms with van der Waals surface area (Å²) in [5.74, 6) is 0.0466. The topological polar surface area (TPSA) is 143 Å². The molecule has 5 N–H and O–H groups in total. The van der Waals surface area contributed by atoms with Gasteiger partial charge in [-0.05, 0) is 63.8 Å². The van der Waals surface area contributed by atoms with Crippen molar-refractivity contribution >= 4 is 17.8 Å². The third-order valence-electron chi connectivity index (χ3n) is 8.59. The Morgan fingerprint density at radius 2 is 1.74 bits per heavy atom. The molecule has 1 saturated carbocycles. The number of hydrogen-bond donors (Lipinski definition) is 3. The fourth-order valence-corrected chi connectivity index (χ4v) is 5.83. The van der Waals surface area contributed by atoms with Crippen molar-refractivity contribution in [1.82, 2.24) is 24.3 Å². The first-order chi connectivity index (χ1) is 18.4. The van der Waals surface area contributed by atoms with E-state index < -0.39 is 11.2 Å². The van der Waals surface area contributed by atoms with Gasteiger partial charge in [0.2, 0.25) is 5.91 Å². The lowest BCUT2D eigenvalue weighted by molar-refractivity contribution is -0.137. The van der Waals surface area contributed by atoms with Crippen LogP contribution >= 0.6 is 0 Å². The Morgan fingerprint density at radius 3 is 2.28 bits per heavy atom. The second-order valence-corrected chi connectivity index (χ2v) is 12.0. The van der Waals surface area contributed by atoms with Crippen LogP contribution in [0, 0.1) is 5.41 Å². The van der Waals surface area contributed by atoms with E-state index in [1.807, 2.05) is 12.1 Å². The van der Waals surface area contributed by atoms with E-state index in [0.717, 1.165) is 25.9 Å². The van der Waals surface area contributed by atoms with Gasteiger partial charge in [0.1, 0.15) is 5.82 Å². The first-order valence-electron chi connectivity index (χ1n) is 13.8. The molecule has 3 amide bonds. The quantitative estimate of drug-likeness (QED) is 0.500. The van der Waals surface area contributed by atoms with E-state index in [-0.39, 0.29) is 17.8 Å². The number of carbonyl (C=O) groups is 2. The highest BCUT2D eigenvalue weighted by Gasteiger charge is 2.53. The number of anilines is 1. The molecule has 1 aromatic carbocycles. The molecule has 0 radical (unpaired) electrons. The number of aromatic nitrogens is 2. The lowest BCUT2D eigenvalue weighted by atomic mass is 9.59. The van der Waals surface area contributed by atoms with Crippen LogP contribution in [-0.4, -0.2) is 93.1 Å². The largest absolute Gasteiger partial charge is 0.354 e. The number of benzene rings is 1. The zero-order chi connectivity index (χ0) is 27.9. The standard InChI is InChI=1S/C28H40N8O3/c1-19(35-17-28(18-35)10-8-22(28)29)16-20-4-6-21(7-5-20)36-11-9-23(32-26(36)39)31-25(38)34-14-12-33(13-15-34)24(37)27(2,3)30/h4-7,9,11,19,22H,8,10,12-18,29-30H2,1-3H3,(H,31,32,38,39). The van der Waals surface area contributed by atoms with Crippen molar-refractivity contribution in [2.24, 2.45) is 16.9 Å². The normalized spacial score (nSPS) is 21.7. The molecule has 3 fully saturated rings. The Balaban J connectivity index is 1.13. The van der Waals surface area contributed by atoms with Gasteiger partial charge < -0.3 is 21.3 Å². The molecular weight excluding hydrogens is 496 g/mol. The van der Waals surface area contributed by atoms with E-state index in [1.165, 1.54) is 16.6 Å². The Hall–Kier alpha value is -3.28. The number of carbonyl (C=O) groups excluding carboxylic acids is 2. The van der Waals surface area contributed by atoms with Crippen LogP contribution in [0.2, 0.25) is 0 Å². The molecule has 3 aliphatic rings. The molecular formula is C28H40N8O3. The monoisotopic (exact) mass is 536 g/mol. The predicted molar refractivity (Wildman–Crippen MR) is 150 cm³/mol. The lowest BCUT2D eigenvalue weighted by Crippen LogP contribution is -2.70. The number of piperazine rings is 1. The maximum absolute atomic E-state index is 12.7. The van der Waals surface area contributed by atoms with Crippen LogP contribution in [-0.2, 0) is 11.2 Å². The van der Waals surface area contributed by atoms with Crippen LogP contribution in [0.3, 0.4) is 0 Å². The molecule has 2 atom stereocenters. The van der Waals surface area contributed by atoms with Gasteiger partial charge in [-0.15, -0.1) is 0 Å². The van der Waals surface area contributed by atoms with Crippen LogP contribution in [0.15, 0.2) is 41.3 Å². The smallest absolute Gasteiger partial charge is 0.338 e. The minimum absolute atomic E-state index is 0.140. The fraction of sp³-hybridized carbons (Fsp3) is 0.571. The molecule has 2 unspecified atom stereocenters. The Kier molecular flexibility index (Phi) is 7.25. The molecule has 3 heterocycles. The van der Waals surface area contributed by atoms with E-state index in [0.29, 0.717) is 49.4 Å². The molecule has 5 rings (SSSR count). The van der Waals surface area contributed by atoms with Gasteiger partial charge >= 0.3 is 11.7 Å².